The SMILES string of the molecule is COCO[C@@H](C(=O)[C@H]1[C@H](C(=O)CO[Si](C)(C)C(C)(C)C)[C@H]2C=C[C@@H]1C2)C(C)C. The van der Waals surface area contributed by atoms with Gasteiger partial charge in [-0.2, -0.15) is 0 Å². The second-order valence-corrected chi connectivity index (χ2v) is 15.0. The van der Waals surface area contributed by atoms with Crippen LogP contribution in [0, 0.1) is 29.6 Å². The van der Waals surface area contributed by atoms with Crippen LogP contribution in [0.1, 0.15) is 41.0 Å². The molecule has 0 aliphatic heterocycles. The van der Waals surface area contributed by atoms with E-state index in [2.05, 4.69) is 46.0 Å². The van der Waals surface area contributed by atoms with Crippen LogP contribution in [0.25, 0.3) is 0 Å². The molecule has 1 saturated carbocycles. The molecule has 28 heavy (non-hydrogen) atoms. The maximum atomic E-state index is 13.4. The zero-order valence-corrected chi connectivity index (χ0v) is 19.8. The second kappa shape index (κ2) is 8.90. The number of rotatable bonds is 10. The van der Waals surface area contributed by atoms with Gasteiger partial charge in [-0.25, -0.2) is 0 Å². The molecule has 160 valence electrons. The first-order valence-electron chi connectivity index (χ1n) is 10.4. The summed E-state index contributed by atoms with van der Waals surface area (Å²) in [5.41, 5.74) is 0. The fraction of sp³-hybridized carbons (Fsp3) is 0.818. The van der Waals surface area contributed by atoms with Crippen molar-refractivity contribution < 1.29 is 23.5 Å². The number of carbonyl (C=O) groups excluding carboxylic acids is 2. The van der Waals surface area contributed by atoms with Crippen LogP contribution in [-0.4, -0.2) is 46.5 Å². The Hall–Kier alpha value is -0.823. The minimum atomic E-state index is -2.01. The molecule has 0 amide bonds. The average molecular weight is 411 g/mol. The summed E-state index contributed by atoms with van der Waals surface area (Å²) in [6.07, 6.45) is 4.56. The van der Waals surface area contributed by atoms with E-state index in [1.807, 2.05) is 13.8 Å². The molecule has 2 aliphatic rings. The first-order chi connectivity index (χ1) is 12.9. The number of methoxy groups -OCH3 is 1. The minimum Gasteiger partial charge on any atom is -0.410 e. The van der Waals surface area contributed by atoms with Crippen LogP contribution in [0.4, 0.5) is 0 Å². The highest BCUT2D eigenvalue weighted by molar-refractivity contribution is 6.74. The van der Waals surface area contributed by atoms with Gasteiger partial charge in [0.2, 0.25) is 0 Å². The molecule has 5 nitrogen and oxygen atoms in total. The van der Waals surface area contributed by atoms with Gasteiger partial charge in [0.15, 0.2) is 19.9 Å². The highest BCUT2D eigenvalue weighted by atomic mass is 28.4. The number of ether oxygens (including phenoxy) is 2. The standard InChI is InChI=1S/C22H38O5Si/c1-14(2)21(26-13-25-6)20(24)19-16-10-9-15(11-16)18(19)17(23)12-27-28(7,8)22(3,4)5/h9-10,14-16,18-19,21H,11-13H2,1-8H3/t15-,16+,18-,19+,21+/m0/s1. The number of hydrogen-bond acceptors (Lipinski definition) is 5. The molecule has 0 aromatic carbocycles. The molecule has 0 radical (unpaired) electrons. The summed E-state index contributed by atoms with van der Waals surface area (Å²) in [6, 6.07) is 0. The smallest absolute Gasteiger partial charge is 0.192 e. The summed E-state index contributed by atoms with van der Waals surface area (Å²) < 4.78 is 16.9. The third-order valence-electron chi connectivity index (χ3n) is 6.79. The van der Waals surface area contributed by atoms with Crippen LogP contribution in [0.3, 0.4) is 0 Å². The molecule has 2 bridgehead atoms. The van der Waals surface area contributed by atoms with Crippen molar-refractivity contribution in [3.05, 3.63) is 12.2 Å². The van der Waals surface area contributed by atoms with Crippen LogP contribution >= 0.6 is 0 Å². The molecule has 0 N–H and O–H groups in total. The molecule has 2 aliphatic carbocycles. The molecule has 5 atom stereocenters. The normalized spacial score (nSPS) is 28.2. The van der Waals surface area contributed by atoms with E-state index in [1.165, 1.54) is 0 Å². The van der Waals surface area contributed by atoms with Crippen LogP contribution in [-0.2, 0) is 23.5 Å². The Morgan fingerprint density at radius 2 is 1.68 bits per heavy atom. The minimum absolute atomic E-state index is 0.0324. The van der Waals surface area contributed by atoms with E-state index in [-0.39, 0.29) is 59.6 Å². The Morgan fingerprint density at radius 3 is 2.18 bits per heavy atom. The molecule has 0 aromatic heterocycles. The molecule has 0 spiro atoms. The van der Waals surface area contributed by atoms with E-state index in [0.29, 0.717) is 0 Å². The Bertz CT molecular complexity index is 605. The fourth-order valence-corrected chi connectivity index (χ4v) is 5.08. The summed E-state index contributed by atoms with van der Waals surface area (Å²) >= 11 is 0. The molecule has 0 aromatic rings. The zero-order chi connectivity index (χ0) is 21.3. The molecular formula is C22H38O5Si. The van der Waals surface area contributed by atoms with Gasteiger partial charge in [-0.05, 0) is 42.3 Å². The summed E-state index contributed by atoms with van der Waals surface area (Å²) in [7, 11) is -0.463. The quantitative estimate of drug-likeness (QED) is 0.306. The Balaban J connectivity index is 2.15. The van der Waals surface area contributed by atoms with Crippen LogP contribution < -0.4 is 0 Å². The van der Waals surface area contributed by atoms with E-state index >= 15 is 0 Å². The molecule has 1 fully saturated rings. The number of hydrogen-bond donors (Lipinski definition) is 0. The van der Waals surface area contributed by atoms with E-state index in [9.17, 15) is 9.59 Å². The van der Waals surface area contributed by atoms with Gasteiger partial charge in [-0.15, -0.1) is 0 Å². The highest BCUT2D eigenvalue weighted by Gasteiger charge is 2.53. The van der Waals surface area contributed by atoms with Crippen molar-refractivity contribution in [1.82, 2.24) is 0 Å². The summed E-state index contributed by atoms with van der Waals surface area (Å²) in [5, 5.41) is 0.0494. The van der Waals surface area contributed by atoms with Gasteiger partial charge in [0.05, 0.1) is 6.61 Å². The summed E-state index contributed by atoms with van der Waals surface area (Å²) in [6.45, 7) is 14.9. The van der Waals surface area contributed by atoms with E-state index < -0.39 is 14.4 Å². The lowest BCUT2D eigenvalue weighted by Gasteiger charge is -2.37. The lowest BCUT2D eigenvalue weighted by atomic mass is 9.75. The number of Topliss-reactive ketones (excluding diaryl/α,β-unsaturated/α-hetero) is 2. The molecule has 0 heterocycles. The van der Waals surface area contributed by atoms with Crippen molar-refractivity contribution in [1.29, 1.82) is 0 Å². The maximum absolute atomic E-state index is 13.4. The van der Waals surface area contributed by atoms with E-state index in [1.54, 1.807) is 7.11 Å². The number of fused-ring (bicyclic) bond motifs is 2. The number of allylic oxidation sites excluding steroid dienone is 2. The topological polar surface area (TPSA) is 61.8 Å². The first kappa shape index (κ1) is 23.5. The Morgan fingerprint density at radius 1 is 1.11 bits per heavy atom. The number of ketones is 2. The van der Waals surface area contributed by atoms with Gasteiger partial charge in [0, 0.05) is 18.9 Å². The second-order valence-electron chi connectivity index (χ2n) is 10.2. The van der Waals surface area contributed by atoms with Crippen molar-refractivity contribution >= 4 is 19.9 Å². The van der Waals surface area contributed by atoms with E-state index in [0.717, 1.165) is 6.42 Å². The lowest BCUT2D eigenvalue weighted by Crippen LogP contribution is -2.45. The van der Waals surface area contributed by atoms with Gasteiger partial charge < -0.3 is 13.9 Å². The Labute approximate surface area is 171 Å². The van der Waals surface area contributed by atoms with Crippen molar-refractivity contribution in [2.45, 2.75) is 65.3 Å². The third kappa shape index (κ3) is 4.83. The molecule has 0 unspecified atom stereocenters. The fourth-order valence-electron chi connectivity index (χ4n) is 4.15. The van der Waals surface area contributed by atoms with Gasteiger partial charge in [-0.3, -0.25) is 9.59 Å². The van der Waals surface area contributed by atoms with Crippen molar-refractivity contribution in [2.24, 2.45) is 29.6 Å². The van der Waals surface area contributed by atoms with Gasteiger partial charge in [-0.1, -0.05) is 46.8 Å². The van der Waals surface area contributed by atoms with Gasteiger partial charge in [0.25, 0.3) is 0 Å². The Kier molecular flexibility index (Phi) is 7.46. The van der Waals surface area contributed by atoms with Crippen molar-refractivity contribution in [2.75, 3.05) is 20.5 Å². The molecular weight excluding hydrogens is 372 g/mol. The summed E-state index contributed by atoms with van der Waals surface area (Å²) in [5.74, 6) is -0.195. The van der Waals surface area contributed by atoms with Crippen LogP contribution in [0.15, 0.2) is 12.2 Å². The number of carbonyl (C=O) groups is 2. The predicted octanol–water partition coefficient (Wildman–Crippen LogP) is 4.23. The van der Waals surface area contributed by atoms with Crippen molar-refractivity contribution in [3.63, 3.8) is 0 Å². The molecule has 0 saturated heterocycles. The zero-order valence-electron chi connectivity index (χ0n) is 18.8. The highest BCUT2D eigenvalue weighted by Crippen LogP contribution is 2.50. The average Bonchev–Trinajstić information content (AvgIpc) is 3.19. The van der Waals surface area contributed by atoms with Crippen molar-refractivity contribution in [3.8, 4) is 0 Å². The molecule has 2 rings (SSSR count). The van der Waals surface area contributed by atoms with E-state index in [4.69, 9.17) is 13.9 Å². The predicted molar refractivity (Wildman–Crippen MR) is 112 cm³/mol. The van der Waals surface area contributed by atoms with Gasteiger partial charge >= 0.3 is 0 Å². The summed E-state index contributed by atoms with van der Waals surface area (Å²) in [4.78, 5) is 26.5. The monoisotopic (exact) mass is 410 g/mol. The largest absolute Gasteiger partial charge is 0.410 e. The lowest BCUT2D eigenvalue weighted by molar-refractivity contribution is -0.152. The van der Waals surface area contributed by atoms with Crippen LogP contribution in [0.5, 0.6) is 0 Å². The van der Waals surface area contributed by atoms with Gasteiger partial charge in [0.1, 0.15) is 12.9 Å². The first-order valence-corrected chi connectivity index (χ1v) is 13.3. The molecule has 6 heteroatoms. The third-order valence-corrected chi connectivity index (χ3v) is 11.3. The maximum Gasteiger partial charge on any atom is 0.192 e. The van der Waals surface area contributed by atoms with Crippen LogP contribution in [0.2, 0.25) is 18.1 Å².